The summed E-state index contributed by atoms with van der Waals surface area (Å²) in [6.45, 7) is 3.68. The minimum absolute atomic E-state index is 0.0419. The van der Waals surface area contributed by atoms with Crippen molar-refractivity contribution in [3.05, 3.63) is 40.2 Å². The zero-order valence-corrected chi connectivity index (χ0v) is 15.1. The first-order valence-corrected chi connectivity index (χ1v) is 9.33. The van der Waals surface area contributed by atoms with Crippen molar-refractivity contribution in [2.45, 2.75) is 19.6 Å². The molecule has 7 heteroatoms. The first-order chi connectivity index (χ1) is 12.1. The molecule has 0 spiro atoms. The summed E-state index contributed by atoms with van der Waals surface area (Å²) in [4.78, 5) is 26.2. The normalized spacial score (nSPS) is 16.6. The van der Waals surface area contributed by atoms with Crippen LogP contribution in [-0.2, 0) is 16.1 Å². The first kappa shape index (κ1) is 17.8. The van der Waals surface area contributed by atoms with Crippen LogP contribution in [0, 0.1) is 0 Å². The number of ether oxygens (including phenoxy) is 2. The Hall–Kier alpha value is -1.99. The van der Waals surface area contributed by atoms with Crippen LogP contribution in [0.1, 0.15) is 12.5 Å². The number of esters is 1. The number of nitrogens with zero attached hydrogens (tertiary/aromatic N) is 1. The molecule has 6 nitrogen and oxygen atoms in total. The Labute approximate surface area is 150 Å². The fourth-order valence-electron chi connectivity index (χ4n) is 2.84. The van der Waals surface area contributed by atoms with Crippen molar-refractivity contribution in [2.24, 2.45) is 0 Å². The van der Waals surface area contributed by atoms with Crippen molar-refractivity contribution < 1.29 is 18.7 Å². The van der Waals surface area contributed by atoms with Gasteiger partial charge in [-0.1, -0.05) is 0 Å². The van der Waals surface area contributed by atoms with E-state index in [0.29, 0.717) is 16.9 Å². The van der Waals surface area contributed by atoms with Gasteiger partial charge in [-0.15, -0.1) is 0 Å². The quantitative estimate of drug-likeness (QED) is 0.596. The van der Waals surface area contributed by atoms with Crippen molar-refractivity contribution in [1.29, 1.82) is 0 Å². The number of fused-ring (bicyclic) bond motifs is 1. The topological polar surface area (TPSA) is 69.0 Å². The molecule has 0 N–H and O–H groups in total. The van der Waals surface area contributed by atoms with E-state index >= 15 is 0 Å². The number of hydrogen-bond acceptors (Lipinski definition) is 7. The van der Waals surface area contributed by atoms with Gasteiger partial charge in [-0.05, 0) is 19.1 Å². The van der Waals surface area contributed by atoms with Gasteiger partial charge in [0.05, 0.1) is 7.11 Å². The highest BCUT2D eigenvalue weighted by atomic mass is 32.2. The third-order valence-electron chi connectivity index (χ3n) is 4.34. The lowest BCUT2D eigenvalue weighted by Crippen LogP contribution is -2.44. The van der Waals surface area contributed by atoms with Gasteiger partial charge in [-0.25, -0.2) is 4.79 Å². The lowest BCUT2D eigenvalue weighted by Gasteiger charge is -2.30. The maximum Gasteiger partial charge on any atom is 0.336 e. The number of thioether (sulfide) groups is 1. The number of carbonyl (C=O) groups excluding carboxylic acids is 1. The molecule has 1 aromatic carbocycles. The molecule has 2 heterocycles. The highest BCUT2D eigenvalue weighted by Crippen LogP contribution is 2.23. The smallest absolute Gasteiger partial charge is 0.336 e. The molecule has 1 aromatic heterocycles. The Kier molecular flexibility index (Phi) is 5.65. The molecule has 1 aliphatic rings. The third kappa shape index (κ3) is 4.16. The summed E-state index contributed by atoms with van der Waals surface area (Å²) in [6.07, 6.45) is 0. The summed E-state index contributed by atoms with van der Waals surface area (Å²) in [6, 6.07) is 6.31. The second-order valence-corrected chi connectivity index (χ2v) is 7.11. The Morgan fingerprint density at radius 3 is 2.80 bits per heavy atom. The molecule has 0 bridgehead atoms. The molecule has 1 aliphatic heterocycles. The van der Waals surface area contributed by atoms with Crippen LogP contribution >= 0.6 is 11.8 Å². The standard InChI is InChI=1S/C18H21NO5S/c1-12(19-5-7-25-8-6-19)18(21)23-11-13-9-17(20)24-16-10-14(22-2)3-4-15(13)16/h3-4,9-10,12H,5-8,11H2,1-2H3/t12-/m0/s1. The van der Waals surface area contributed by atoms with E-state index in [9.17, 15) is 9.59 Å². The fraction of sp³-hybridized carbons (Fsp3) is 0.444. The molecule has 1 atom stereocenters. The molecule has 0 saturated carbocycles. The second kappa shape index (κ2) is 7.93. The van der Waals surface area contributed by atoms with E-state index in [1.165, 1.54) is 6.07 Å². The number of carbonyl (C=O) groups is 1. The molecule has 2 aromatic rings. The van der Waals surface area contributed by atoms with Gasteiger partial charge in [0.25, 0.3) is 0 Å². The van der Waals surface area contributed by atoms with Crippen molar-refractivity contribution in [3.8, 4) is 5.75 Å². The van der Waals surface area contributed by atoms with Crippen molar-refractivity contribution in [1.82, 2.24) is 4.90 Å². The summed E-state index contributed by atoms with van der Waals surface area (Å²) in [5.74, 6) is 2.39. The zero-order valence-electron chi connectivity index (χ0n) is 14.3. The van der Waals surface area contributed by atoms with Crippen LogP contribution in [-0.4, -0.2) is 48.6 Å². The van der Waals surface area contributed by atoms with Crippen LogP contribution in [0.15, 0.2) is 33.5 Å². The van der Waals surface area contributed by atoms with Crippen LogP contribution in [0.25, 0.3) is 11.0 Å². The van der Waals surface area contributed by atoms with Crippen molar-refractivity contribution in [3.63, 3.8) is 0 Å². The van der Waals surface area contributed by atoms with Gasteiger partial charge in [-0.2, -0.15) is 11.8 Å². The van der Waals surface area contributed by atoms with Gasteiger partial charge in [-0.3, -0.25) is 9.69 Å². The largest absolute Gasteiger partial charge is 0.497 e. The summed E-state index contributed by atoms with van der Waals surface area (Å²) in [5.41, 5.74) is 0.565. The SMILES string of the molecule is COc1ccc2c(COC(=O)[C@H](C)N3CCSCC3)cc(=O)oc2c1. The Balaban J connectivity index is 1.74. The van der Waals surface area contributed by atoms with Gasteiger partial charge in [0.1, 0.15) is 24.0 Å². The van der Waals surface area contributed by atoms with Gasteiger partial charge in [0, 0.05) is 47.7 Å². The molecule has 0 unspecified atom stereocenters. The Morgan fingerprint density at radius 1 is 1.32 bits per heavy atom. The Morgan fingerprint density at radius 2 is 2.08 bits per heavy atom. The van der Waals surface area contributed by atoms with Crippen molar-refractivity contribution >= 4 is 28.7 Å². The third-order valence-corrected chi connectivity index (χ3v) is 5.28. The lowest BCUT2D eigenvalue weighted by atomic mass is 10.1. The van der Waals surface area contributed by atoms with Crippen LogP contribution in [0.4, 0.5) is 0 Å². The summed E-state index contributed by atoms with van der Waals surface area (Å²) in [7, 11) is 1.55. The number of benzene rings is 1. The van der Waals surface area contributed by atoms with Crippen LogP contribution in [0.5, 0.6) is 5.75 Å². The first-order valence-electron chi connectivity index (χ1n) is 8.17. The highest BCUT2D eigenvalue weighted by molar-refractivity contribution is 7.99. The molecule has 1 fully saturated rings. The summed E-state index contributed by atoms with van der Waals surface area (Å²) >= 11 is 1.89. The zero-order chi connectivity index (χ0) is 17.8. The minimum atomic E-state index is -0.479. The van der Waals surface area contributed by atoms with E-state index in [4.69, 9.17) is 13.9 Å². The van der Waals surface area contributed by atoms with E-state index in [-0.39, 0.29) is 18.6 Å². The van der Waals surface area contributed by atoms with Gasteiger partial charge in [0.2, 0.25) is 0 Å². The van der Waals surface area contributed by atoms with Crippen LogP contribution in [0.2, 0.25) is 0 Å². The van der Waals surface area contributed by atoms with E-state index < -0.39 is 5.63 Å². The summed E-state index contributed by atoms with van der Waals surface area (Å²) < 4.78 is 15.8. The van der Waals surface area contributed by atoms with E-state index in [1.807, 2.05) is 18.7 Å². The average molecular weight is 363 g/mol. The summed E-state index contributed by atoms with van der Waals surface area (Å²) in [5, 5.41) is 0.732. The monoisotopic (exact) mass is 363 g/mol. The molecular formula is C18H21NO5S. The number of hydrogen-bond donors (Lipinski definition) is 0. The van der Waals surface area contributed by atoms with Crippen molar-refractivity contribution in [2.75, 3.05) is 31.7 Å². The molecule has 25 heavy (non-hydrogen) atoms. The molecular weight excluding hydrogens is 342 g/mol. The molecule has 0 radical (unpaired) electrons. The maximum absolute atomic E-state index is 12.3. The van der Waals surface area contributed by atoms with E-state index in [0.717, 1.165) is 30.0 Å². The van der Waals surface area contributed by atoms with Gasteiger partial charge < -0.3 is 13.9 Å². The maximum atomic E-state index is 12.3. The minimum Gasteiger partial charge on any atom is -0.497 e. The molecule has 1 saturated heterocycles. The molecule has 3 rings (SSSR count). The van der Waals surface area contributed by atoms with Crippen LogP contribution in [0.3, 0.4) is 0 Å². The van der Waals surface area contributed by atoms with Gasteiger partial charge in [0.15, 0.2) is 0 Å². The lowest BCUT2D eigenvalue weighted by molar-refractivity contribution is -0.150. The number of methoxy groups -OCH3 is 1. The molecule has 0 aliphatic carbocycles. The Bertz CT molecular complexity index is 813. The van der Waals surface area contributed by atoms with E-state index in [2.05, 4.69) is 4.90 Å². The second-order valence-electron chi connectivity index (χ2n) is 5.88. The highest BCUT2D eigenvalue weighted by Gasteiger charge is 2.24. The van der Waals surface area contributed by atoms with E-state index in [1.54, 1.807) is 25.3 Å². The predicted octanol–water partition coefficient (Wildman–Crippen LogP) is 2.28. The average Bonchev–Trinajstić information content (AvgIpc) is 2.65. The predicted molar refractivity (Wildman–Crippen MR) is 97.2 cm³/mol. The fourth-order valence-corrected chi connectivity index (χ4v) is 3.77. The molecule has 134 valence electrons. The number of rotatable bonds is 5. The van der Waals surface area contributed by atoms with Crippen LogP contribution < -0.4 is 10.4 Å². The van der Waals surface area contributed by atoms with Gasteiger partial charge >= 0.3 is 11.6 Å². The molecule has 0 amide bonds.